The number of carboxylic acid groups (broad SMARTS) is 1. The molecule has 0 aromatic carbocycles. The van der Waals surface area contributed by atoms with E-state index < -0.39 is 12.0 Å². The molecule has 0 aromatic heterocycles. The van der Waals surface area contributed by atoms with E-state index in [1.807, 2.05) is 6.92 Å². The average molecular weight is 298 g/mol. The number of rotatable bonds is 13. The molecule has 5 heteroatoms. The predicted octanol–water partition coefficient (Wildman–Crippen LogP) is 2.60. The third kappa shape index (κ3) is 13.4. The van der Waals surface area contributed by atoms with Crippen LogP contribution >= 0.6 is 0 Å². The molecule has 0 rings (SSSR count). The molecule has 0 radical (unpaired) electrons. The van der Waals surface area contributed by atoms with Gasteiger partial charge in [0.1, 0.15) is 6.04 Å². The summed E-state index contributed by atoms with van der Waals surface area (Å²) in [6.45, 7) is 2.63. The maximum absolute atomic E-state index is 11.5. The zero-order valence-electron chi connectivity index (χ0n) is 13.1. The zero-order chi connectivity index (χ0) is 15.9. The smallest absolute Gasteiger partial charge is 0.320 e. The van der Waals surface area contributed by atoms with E-state index >= 15 is 0 Å². The summed E-state index contributed by atoms with van der Waals surface area (Å²) in [7, 11) is 0. The number of carbonyl (C=O) groups excluding carboxylic acids is 1. The summed E-state index contributed by atoms with van der Waals surface area (Å²) >= 11 is 0. The van der Waals surface area contributed by atoms with Gasteiger partial charge in [-0.05, 0) is 45.4 Å². The van der Waals surface area contributed by atoms with E-state index in [1.165, 1.54) is 12.8 Å². The molecule has 0 aromatic rings. The van der Waals surface area contributed by atoms with Gasteiger partial charge in [0.15, 0.2) is 0 Å². The second-order valence-electron chi connectivity index (χ2n) is 5.31. The van der Waals surface area contributed by atoms with Crippen molar-refractivity contribution in [2.24, 2.45) is 5.73 Å². The molecular weight excluding hydrogens is 268 g/mol. The van der Waals surface area contributed by atoms with Gasteiger partial charge in [-0.25, -0.2) is 0 Å². The molecule has 5 nitrogen and oxygen atoms in total. The van der Waals surface area contributed by atoms with E-state index in [2.05, 4.69) is 17.5 Å². The van der Waals surface area contributed by atoms with Crippen molar-refractivity contribution in [1.29, 1.82) is 0 Å². The molecule has 0 heterocycles. The molecule has 122 valence electrons. The lowest BCUT2D eigenvalue weighted by atomic mass is 10.1. The first-order chi connectivity index (χ1) is 10.1. The predicted molar refractivity (Wildman–Crippen MR) is 85.0 cm³/mol. The molecule has 1 amide bonds. The minimum Gasteiger partial charge on any atom is -0.480 e. The molecule has 4 N–H and O–H groups in total. The molecule has 0 aliphatic rings. The van der Waals surface area contributed by atoms with E-state index in [0.29, 0.717) is 19.4 Å². The highest BCUT2D eigenvalue weighted by atomic mass is 16.4. The van der Waals surface area contributed by atoms with Gasteiger partial charge in [0.2, 0.25) is 5.91 Å². The van der Waals surface area contributed by atoms with Crippen LogP contribution in [-0.4, -0.2) is 29.6 Å². The second kappa shape index (κ2) is 13.6. The van der Waals surface area contributed by atoms with Crippen molar-refractivity contribution in [3.63, 3.8) is 0 Å². The minimum absolute atomic E-state index is 0.0889. The van der Waals surface area contributed by atoms with Gasteiger partial charge < -0.3 is 16.2 Å². The summed E-state index contributed by atoms with van der Waals surface area (Å²) in [5.41, 5.74) is 5.39. The fourth-order valence-corrected chi connectivity index (χ4v) is 2.00. The second-order valence-corrected chi connectivity index (χ2v) is 5.31. The van der Waals surface area contributed by atoms with Gasteiger partial charge in [-0.1, -0.05) is 25.0 Å². The molecular formula is C16H30N2O3. The number of aliphatic carboxylic acids is 1. The van der Waals surface area contributed by atoms with E-state index in [4.69, 9.17) is 10.8 Å². The van der Waals surface area contributed by atoms with E-state index in [9.17, 15) is 9.59 Å². The van der Waals surface area contributed by atoms with Crippen LogP contribution < -0.4 is 11.1 Å². The van der Waals surface area contributed by atoms with E-state index in [1.54, 1.807) is 0 Å². The first-order valence-electron chi connectivity index (χ1n) is 7.94. The summed E-state index contributed by atoms with van der Waals surface area (Å²) in [6, 6.07) is -0.789. The van der Waals surface area contributed by atoms with Gasteiger partial charge >= 0.3 is 5.97 Å². The van der Waals surface area contributed by atoms with Gasteiger partial charge in [-0.2, -0.15) is 0 Å². The highest BCUT2D eigenvalue weighted by Gasteiger charge is 2.10. The molecule has 1 atom stereocenters. The minimum atomic E-state index is -0.964. The summed E-state index contributed by atoms with van der Waals surface area (Å²) in [6.07, 6.45) is 12.3. The number of hydrogen-bond donors (Lipinski definition) is 3. The van der Waals surface area contributed by atoms with E-state index in [0.717, 1.165) is 32.1 Å². The third-order valence-electron chi connectivity index (χ3n) is 3.34. The molecule has 0 unspecified atom stereocenters. The van der Waals surface area contributed by atoms with E-state index in [-0.39, 0.29) is 5.91 Å². The number of unbranched alkanes of at least 4 members (excludes halogenated alkanes) is 5. The SMILES string of the molecule is C/C=C/CCCCCCC(=O)NCCCC[C@H](N)C(=O)O. The van der Waals surface area contributed by atoms with Crippen molar-refractivity contribution >= 4 is 11.9 Å². The van der Waals surface area contributed by atoms with Crippen molar-refractivity contribution < 1.29 is 14.7 Å². The lowest BCUT2D eigenvalue weighted by Gasteiger charge is -2.07. The van der Waals surface area contributed by atoms with Gasteiger partial charge in [-0.3, -0.25) is 9.59 Å². The van der Waals surface area contributed by atoms with Gasteiger partial charge in [0.25, 0.3) is 0 Å². The Labute approximate surface area is 128 Å². The lowest BCUT2D eigenvalue weighted by Crippen LogP contribution is -2.30. The number of carbonyl (C=O) groups is 2. The van der Waals surface area contributed by atoms with Crippen LogP contribution in [0.4, 0.5) is 0 Å². The maximum Gasteiger partial charge on any atom is 0.320 e. The Morgan fingerprint density at radius 3 is 2.52 bits per heavy atom. The van der Waals surface area contributed by atoms with Crippen molar-refractivity contribution in [2.45, 2.75) is 70.8 Å². The Balaban J connectivity index is 3.33. The molecule has 0 fully saturated rings. The highest BCUT2D eigenvalue weighted by molar-refractivity contribution is 5.75. The lowest BCUT2D eigenvalue weighted by molar-refractivity contribution is -0.138. The Kier molecular flexibility index (Phi) is 12.7. The highest BCUT2D eigenvalue weighted by Crippen LogP contribution is 2.06. The molecule has 0 saturated heterocycles. The largest absolute Gasteiger partial charge is 0.480 e. The number of hydrogen-bond acceptors (Lipinski definition) is 3. The van der Waals surface area contributed by atoms with Crippen LogP contribution in [0.2, 0.25) is 0 Å². The molecule has 0 spiro atoms. The summed E-state index contributed by atoms with van der Waals surface area (Å²) in [5.74, 6) is -0.876. The van der Waals surface area contributed by atoms with Crippen molar-refractivity contribution in [2.75, 3.05) is 6.54 Å². The first kappa shape index (κ1) is 19.6. The normalized spacial score (nSPS) is 12.5. The van der Waals surface area contributed by atoms with Crippen molar-refractivity contribution in [3.05, 3.63) is 12.2 Å². The Bertz CT molecular complexity index is 317. The van der Waals surface area contributed by atoms with Crippen molar-refractivity contribution in [1.82, 2.24) is 5.32 Å². The summed E-state index contributed by atoms with van der Waals surface area (Å²) < 4.78 is 0. The number of nitrogens with one attached hydrogen (secondary N) is 1. The number of nitrogens with two attached hydrogens (primary N) is 1. The van der Waals surface area contributed by atoms with Crippen LogP contribution in [0.5, 0.6) is 0 Å². The molecule has 0 bridgehead atoms. The van der Waals surface area contributed by atoms with Crippen molar-refractivity contribution in [3.8, 4) is 0 Å². The van der Waals surface area contributed by atoms with Gasteiger partial charge in [-0.15, -0.1) is 0 Å². The number of carboxylic acids is 1. The van der Waals surface area contributed by atoms with Crippen LogP contribution in [0.1, 0.15) is 64.7 Å². The van der Waals surface area contributed by atoms with Crippen LogP contribution in [0.3, 0.4) is 0 Å². The molecule has 21 heavy (non-hydrogen) atoms. The van der Waals surface area contributed by atoms with Crippen LogP contribution in [-0.2, 0) is 9.59 Å². The van der Waals surface area contributed by atoms with Crippen LogP contribution in [0, 0.1) is 0 Å². The Hall–Kier alpha value is -1.36. The third-order valence-corrected chi connectivity index (χ3v) is 3.34. The zero-order valence-corrected chi connectivity index (χ0v) is 13.1. The topological polar surface area (TPSA) is 92.4 Å². The monoisotopic (exact) mass is 298 g/mol. The summed E-state index contributed by atoms with van der Waals surface area (Å²) in [4.78, 5) is 22.0. The number of allylic oxidation sites excluding steroid dienone is 2. The quantitative estimate of drug-likeness (QED) is 0.360. The molecule has 0 aliphatic heterocycles. The first-order valence-corrected chi connectivity index (χ1v) is 7.94. The Morgan fingerprint density at radius 1 is 1.14 bits per heavy atom. The summed E-state index contributed by atoms with van der Waals surface area (Å²) in [5, 5.41) is 11.5. The Morgan fingerprint density at radius 2 is 1.86 bits per heavy atom. The maximum atomic E-state index is 11.5. The standard InChI is InChI=1S/C16H30N2O3/c1-2-3-4-5-6-7-8-12-15(19)18-13-10-9-11-14(17)16(20)21/h2-3,14H,4-13,17H2,1H3,(H,18,19)(H,20,21)/b3-2+/t14-/m0/s1. The fraction of sp³-hybridized carbons (Fsp3) is 0.750. The fourth-order valence-electron chi connectivity index (χ4n) is 2.00. The van der Waals surface area contributed by atoms with Crippen LogP contribution in [0.15, 0.2) is 12.2 Å². The number of amides is 1. The van der Waals surface area contributed by atoms with Gasteiger partial charge in [0, 0.05) is 13.0 Å². The molecule has 0 aliphatic carbocycles. The molecule has 0 saturated carbocycles. The van der Waals surface area contributed by atoms with Crippen LogP contribution in [0.25, 0.3) is 0 Å². The average Bonchev–Trinajstić information content (AvgIpc) is 2.45. The van der Waals surface area contributed by atoms with Gasteiger partial charge in [0.05, 0.1) is 0 Å².